The van der Waals surface area contributed by atoms with Crippen molar-refractivity contribution in [3.63, 3.8) is 0 Å². The molecule has 17 heteroatoms. The summed E-state index contributed by atoms with van der Waals surface area (Å²) in [6.45, 7) is 3.21. The van der Waals surface area contributed by atoms with Crippen LogP contribution in [0.3, 0.4) is 0 Å². The minimum atomic E-state index is -4.25. The van der Waals surface area contributed by atoms with Gasteiger partial charge in [0.15, 0.2) is 0 Å². The maximum Gasteiger partial charge on any atom is 0.329 e. The van der Waals surface area contributed by atoms with E-state index in [1.807, 2.05) is 4.72 Å². The van der Waals surface area contributed by atoms with Crippen LogP contribution in [0.2, 0.25) is 0 Å². The fourth-order valence-corrected chi connectivity index (χ4v) is 7.49. The van der Waals surface area contributed by atoms with Crippen molar-refractivity contribution in [3.8, 4) is 0 Å². The molecule has 0 aliphatic heterocycles. The van der Waals surface area contributed by atoms with Gasteiger partial charge in [0.2, 0.25) is 5.91 Å². The number of benzene rings is 4. The van der Waals surface area contributed by atoms with Gasteiger partial charge in [-0.1, -0.05) is 40.8 Å². The number of aromatic nitrogens is 1. The smallest absolute Gasteiger partial charge is 0.325 e. The number of amides is 3. The molecule has 0 aliphatic rings. The first-order valence-corrected chi connectivity index (χ1v) is 18.3. The van der Waals surface area contributed by atoms with E-state index in [9.17, 15) is 40.0 Å². The minimum Gasteiger partial charge on any atom is -0.325 e. The molecular formula is C33H29F2N5O7S3. The number of hydrogen-bond donors (Lipinski definition) is 2. The normalized spacial score (nSPS) is 11.8. The highest BCUT2D eigenvalue weighted by molar-refractivity contribution is 7.90. The monoisotopic (exact) mass is 741 g/mol. The topological polar surface area (TPSA) is 172 Å². The van der Waals surface area contributed by atoms with E-state index >= 15 is 0 Å². The molecule has 12 nitrogen and oxygen atoms in total. The van der Waals surface area contributed by atoms with Gasteiger partial charge in [-0.05, 0) is 73.0 Å². The van der Waals surface area contributed by atoms with Crippen LogP contribution < -0.4 is 14.9 Å². The predicted molar refractivity (Wildman–Crippen MR) is 183 cm³/mol. The molecule has 1 heterocycles. The Labute approximate surface area is 290 Å². The Kier molecular flexibility index (Phi) is 11.9. The van der Waals surface area contributed by atoms with Crippen molar-refractivity contribution in [1.29, 1.82) is 0 Å². The second-order valence-electron chi connectivity index (χ2n) is 10.7. The van der Waals surface area contributed by atoms with E-state index in [-0.39, 0.29) is 21.8 Å². The standard InChI is InChI=1S/C25H22F2N4O4S2.C8H7NO3S/c1-15-5-3-4-6-23(15)37(34,35)30-25(33)29-21(11-16-9-17(26)12-18(27)10-16)24(32)31(2)19-7-8-22-20(13-19)28-14-36-22;1-7-4-2-3-5-8(7)13(11,12)9-6-10/h3-10,12-14,21H,11H2,1-2H3,(H2,29,30,33);2-5H,1H3. The molecule has 0 spiro atoms. The van der Waals surface area contributed by atoms with Gasteiger partial charge < -0.3 is 10.2 Å². The maximum atomic E-state index is 13.8. The highest BCUT2D eigenvalue weighted by Crippen LogP contribution is 2.24. The molecular weight excluding hydrogens is 713 g/mol. The maximum absolute atomic E-state index is 13.8. The number of nitrogens with one attached hydrogen (secondary N) is 2. The average molecular weight is 742 g/mol. The van der Waals surface area contributed by atoms with E-state index in [0.29, 0.717) is 28.4 Å². The summed E-state index contributed by atoms with van der Waals surface area (Å²) in [6, 6.07) is 17.8. The predicted octanol–water partition coefficient (Wildman–Crippen LogP) is 5.16. The summed E-state index contributed by atoms with van der Waals surface area (Å²) in [4.78, 5) is 41.5. The molecule has 50 heavy (non-hydrogen) atoms. The Bertz CT molecular complexity index is 2310. The number of halogens is 2. The summed E-state index contributed by atoms with van der Waals surface area (Å²) in [7, 11) is -6.62. The zero-order valence-corrected chi connectivity index (χ0v) is 29.1. The Balaban J connectivity index is 0.000000363. The lowest BCUT2D eigenvalue weighted by Crippen LogP contribution is -2.52. The number of isocyanates is 1. The first kappa shape index (κ1) is 37.5. The summed E-state index contributed by atoms with van der Waals surface area (Å²) in [5.74, 6) is -2.34. The van der Waals surface area contributed by atoms with Gasteiger partial charge in [-0.15, -0.1) is 11.3 Å². The first-order valence-electron chi connectivity index (χ1n) is 14.5. The van der Waals surface area contributed by atoms with Crippen LogP contribution >= 0.6 is 11.3 Å². The number of rotatable bonds is 9. The van der Waals surface area contributed by atoms with Crippen LogP contribution in [0.1, 0.15) is 16.7 Å². The van der Waals surface area contributed by atoms with E-state index in [4.69, 9.17) is 0 Å². The molecule has 5 aromatic rings. The number of urea groups is 1. The average Bonchev–Trinajstić information content (AvgIpc) is 3.52. The molecule has 4 aromatic carbocycles. The summed E-state index contributed by atoms with van der Waals surface area (Å²) in [6.07, 6.45) is 0.724. The Morgan fingerprint density at radius 1 is 0.900 bits per heavy atom. The Hall–Kier alpha value is -5.35. The van der Waals surface area contributed by atoms with Gasteiger partial charge in [0, 0.05) is 25.2 Å². The van der Waals surface area contributed by atoms with Crippen LogP contribution in [-0.2, 0) is 36.1 Å². The number of anilines is 1. The molecule has 0 fully saturated rings. The number of hydrogen-bond acceptors (Lipinski definition) is 9. The van der Waals surface area contributed by atoms with Crippen LogP contribution in [-0.4, -0.2) is 52.9 Å². The second kappa shape index (κ2) is 15.9. The number of aryl methyl sites for hydroxylation is 2. The third-order valence-electron chi connectivity index (χ3n) is 7.14. The largest absolute Gasteiger partial charge is 0.329 e. The molecule has 2 N–H and O–H groups in total. The fraction of sp³-hybridized carbons (Fsp3) is 0.152. The van der Waals surface area contributed by atoms with Gasteiger partial charge >= 0.3 is 6.03 Å². The number of carbonyl (C=O) groups is 2. The molecule has 0 aliphatic carbocycles. The van der Waals surface area contributed by atoms with Crippen molar-refractivity contribution >= 4 is 65.3 Å². The van der Waals surface area contributed by atoms with Crippen LogP contribution in [0.4, 0.5) is 19.3 Å². The molecule has 1 aromatic heterocycles. The first-order chi connectivity index (χ1) is 23.6. The van der Waals surface area contributed by atoms with Gasteiger partial charge in [-0.25, -0.2) is 36.5 Å². The fourth-order valence-electron chi connectivity index (χ4n) is 4.75. The number of nitrogens with zero attached hydrogens (tertiary/aromatic N) is 3. The lowest BCUT2D eigenvalue weighted by atomic mass is 10.0. The number of carbonyl (C=O) groups excluding carboxylic acids is 3. The SMILES string of the molecule is Cc1ccccc1S(=O)(=O)N=C=O.Cc1ccccc1S(=O)(=O)NC(=O)NC(Cc1cc(F)cc(F)c1)C(=O)N(C)c1ccc2scnc2c1. The molecule has 0 radical (unpaired) electrons. The lowest BCUT2D eigenvalue weighted by molar-refractivity contribution is -0.120. The number of sulfonamides is 2. The van der Waals surface area contributed by atoms with E-state index in [1.54, 1.807) is 67.9 Å². The molecule has 3 amide bonds. The van der Waals surface area contributed by atoms with Crippen molar-refractivity contribution in [3.05, 3.63) is 119 Å². The van der Waals surface area contributed by atoms with Crippen LogP contribution in [0, 0.1) is 25.5 Å². The van der Waals surface area contributed by atoms with Gasteiger partial charge in [0.05, 0.1) is 25.5 Å². The Morgan fingerprint density at radius 3 is 2.10 bits per heavy atom. The second-order valence-corrected chi connectivity index (χ2v) is 14.8. The van der Waals surface area contributed by atoms with Crippen molar-refractivity contribution in [2.45, 2.75) is 36.1 Å². The van der Waals surface area contributed by atoms with Gasteiger partial charge in [-0.2, -0.15) is 8.42 Å². The lowest BCUT2D eigenvalue weighted by Gasteiger charge is -2.25. The molecule has 0 bridgehead atoms. The molecule has 1 atom stereocenters. The van der Waals surface area contributed by atoms with Crippen molar-refractivity contribution < 1.29 is 40.0 Å². The summed E-state index contributed by atoms with van der Waals surface area (Å²) in [5, 5.41) is 2.35. The highest BCUT2D eigenvalue weighted by Gasteiger charge is 2.28. The number of fused-ring (bicyclic) bond motifs is 1. The summed E-state index contributed by atoms with van der Waals surface area (Å²) < 4.78 is 81.1. The van der Waals surface area contributed by atoms with Gasteiger partial charge in [0.1, 0.15) is 17.7 Å². The summed E-state index contributed by atoms with van der Waals surface area (Å²) in [5.41, 5.74) is 3.87. The molecule has 0 saturated carbocycles. The quantitative estimate of drug-likeness (QED) is 0.154. The summed E-state index contributed by atoms with van der Waals surface area (Å²) >= 11 is 1.43. The van der Waals surface area contributed by atoms with Crippen molar-refractivity contribution in [1.82, 2.24) is 15.0 Å². The third-order valence-corrected chi connectivity index (χ3v) is 10.8. The zero-order chi connectivity index (χ0) is 36.6. The zero-order valence-electron chi connectivity index (χ0n) is 26.6. The van der Waals surface area contributed by atoms with E-state index < -0.39 is 49.7 Å². The van der Waals surface area contributed by atoms with E-state index in [2.05, 4.69) is 14.7 Å². The molecule has 260 valence electrons. The molecule has 0 saturated heterocycles. The minimum absolute atomic E-state index is 0.0401. The Morgan fingerprint density at radius 2 is 1.50 bits per heavy atom. The van der Waals surface area contributed by atoms with Crippen LogP contribution in [0.5, 0.6) is 0 Å². The molecule has 5 rings (SSSR count). The van der Waals surface area contributed by atoms with Crippen LogP contribution in [0.15, 0.2) is 105 Å². The van der Waals surface area contributed by atoms with E-state index in [1.165, 1.54) is 41.5 Å². The van der Waals surface area contributed by atoms with E-state index in [0.717, 1.165) is 22.9 Å². The third kappa shape index (κ3) is 9.41. The van der Waals surface area contributed by atoms with Gasteiger partial charge in [-0.3, -0.25) is 4.79 Å². The number of thiazole rings is 1. The van der Waals surface area contributed by atoms with Crippen molar-refractivity contribution in [2.75, 3.05) is 11.9 Å². The van der Waals surface area contributed by atoms with Crippen LogP contribution in [0.25, 0.3) is 10.2 Å². The number of likely N-dealkylation sites (N-methyl/N-ethyl adjacent to an activating group) is 1. The van der Waals surface area contributed by atoms with Crippen molar-refractivity contribution in [2.24, 2.45) is 4.40 Å². The molecule has 1 unspecified atom stereocenters. The highest BCUT2D eigenvalue weighted by atomic mass is 32.2. The van der Waals surface area contributed by atoms with Gasteiger partial charge in [0.25, 0.3) is 26.1 Å².